The van der Waals surface area contributed by atoms with Gasteiger partial charge in [-0.25, -0.2) is 8.42 Å². The topological polar surface area (TPSA) is 54.5 Å². The molecule has 0 aliphatic carbocycles. The summed E-state index contributed by atoms with van der Waals surface area (Å²) in [5.74, 6) is 0.0639. The van der Waals surface area contributed by atoms with Crippen molar-refractivity contribution in [2.45, 2.75) is 25.9 Å². The summed E-state index contributed by atoms with van der Waals surface area (Å²) in [6.45, 7) is 2.36. The van der Waals surface area contributed by atoms with E-state index in [0.29, 0.717) is 18.5 Å². The van der Waals surface area contributed by atoms with Gasteiger partial charge in [-0.05, 0) is 43.2 Å². The molecule has 1 fully saturated rings. The predicted molar refractivity (Wildman–Crippen MR) is 102 cm³/mol. The maximum absolute atomic E-state index is 13.1. The van der Waals surface area contributed by atoms with E-state index in [1.165, 1.54) is 0 Å². The Morgan fingerprint density at radius 1 is 1.20 bits per heavy atom. The molecule has 0 bridgehead atoms. The number of carbonyl (C=O) groups excluding carboxylic acids is 1. The summed E-state index contributed by atoms with van der Waals surface area (Å²) in [6, 6.07) is 14.9. The number of aryl methyl sites for hydroxylation is 1. The summed E-state index contributed by atoms with van der Waals surface area (Å²) in [6.07, 6.45) is 0.494. The fourth-order valence-electron chi connectivity index (χ4n) is 3.08. The summed E-state index contributed by atoms with van der Waals surface area (Å²) >= 11 is 3.44. The minimum Gasteiger partial charge on any atom is -0.330 e. The van der Waals surface area contributed by atoms with E-state index in [4.69, 9.17) is 0 Å². The number of carbonyl (C=O) groups is 1. The molecule has 3 rings (SSSR count). The smallest absolute Gasteiger partial charge is 0.254 e. The van der Waals surface area contributed by atoms with Gasteiger partial charge in [0.2, 0.25) is 0 Å². The third-order valence-corrected chi connectivity index (χ3v) is 6.69. The van der Waals surface area contributed by atoms with Gasteiger partial charge in [0.1, 0.15) is 0 Å². The fourth-order valence-corrected chi connectivity index (χ4v) is 5.26. The van der Waals surface area contributed by atoms with Crippen LogP contribution in [0, 0.1) is 6.92 Å². The van der Waals surface area contributed by atoms with Crippen molar-refractivity contribution in [2.24, 2.45) is 0 Å². The largest absolute Gasteiger partial charge is 0.330 e. The Labute approximate surface area is 156 Å². The van der Waals surface area contributed by atoms with Crippen LogP contribution >= 0.6 is 15.9 Å². The van der Waals surface area contributed by atoms with Gasteiger partial charge < -0.3 is 4.90 Å². The molecule has 1 aliphatic rings. The van der Waals surface area contributed by atoms with E-state index in [2.05, 4.69) is 15.9 Å². The molecule has 1 amide bonds. The van der Waals surface area contributed by atoms with E-state index in [1.54, 1.807) is 17.0 Å². The van der Waals surface area contributed by atoms with E-state index in [0.717, 1.165) is 15.6 Å². The Morgan fingerprint density at radius 2 is 1.92 bits per heavy atom. The van der Waals surface area contributed by atoms with Crippen LogP contribution in [0.3, 0.4) is 0 Å². The van der Waals surface area contributed by atoms with Crippen molar-refractivity contribution in [1.29, 1.82) is 0 Å². The van der Waals surface area contributed by atoms with E-state index in [1.807, 2.05) is 43.3 Å². The Morgan fingerprint density at radius 3 is 2.52 bits per heavy atom. The highest BCUT2D eigenvalue weighted by Crippen LogP contribution is 2.23. The molecule has 1 atom stereocenters. The van der Waals surface area contributed by atoms with E-state index < -0.39 is 9.84 Å². The van der Waals surface area contributed by atoms with Crippen molar-refractivity contribution in [3.63, 3.8) is 0 Å². The highest BCUT2D eigenvalue weighted by atomic mass is 79.9. The molecule has 0 aromatic heterocycles. The third kappa shape index (κ3) is 4.50. The molecule has 25 heavy (non-hydrogen) atoms. The first kappa shape index (κ1) is 18.1. The first-order valence-electron chi connectivity index (χ1n) is 8.16. The highest BCUT2D eigenvalue weighted by Gasteiger charge is 2.35. The molecule has 2 aromatic rings. The molecular weight excluding hydrogens is 402 g/mol. The lowest BCUT2D eigenvalue weighted by atomic mass is 10.1. The molecule has 0 radical (unpaired) electrons. The maximum atomic E-state index is 13.1. The zero-order valence-electron chi connectivity index (χ0n) is 14.0. The van der Waals surface area contributed by atoms with Crippen LogP contribution in [0.5, 0.6) is 0 Å². The van der Waals surface area contributed by atoms with Crippen LogP contribution in [0.15, 0.2) is 53.0 Å². The van der Waals surface area contributed by atoms with Gasteiger partial charge in [-0.15, -0.1) is 0 Å². The van der Waals surface area contributed by atoms with Crippen LogP contribution in [0.25, 0.3) is 0 Å². The van der Waals surface area contributed by atoms with Gasteiger partial charge in [-0.3, -0.25) is 4.79 Å². The summed E-state index contributed by atoms with van der Waals surface area (Å²) in [4.78, 5) is 14.8. The third-order valence-electron chi connectivity index (χ3n) is 4.45. The number of nitrogens with zero attached hydrogens (tertiary/aromatic N) is 1. The zero-order valence-corrected chi connectivity index (χ0v) is 16.4. The molecule has 6 heteroatoms. The van der Waals surface area contributed by atoms with Gasteiger partial charge in [-0.2, -0.15) is 0 Å². The molecule has 132 valence electrons. The zero-order chi connectivity index (χ0) is 18.0. The van der Waals surface area contributed by atoms with Gasteiger partial charge in [0.15, 0.2) is 9.84 Å². The van der Waals surface area contributed by atoms with Gasteiger partial charge in [0.25, 0.3) is 5.91 Å². The van der Waals surface area contributed by atoms with Crippen LogP contribution in [0.2, 0.25) is 0 Å². The van der Waals surface area contributed by atoms with Crippen molar-refractivity contribution in [3.05, 3.63) is 69.7 Å². The normalized spacial score (nSPS) is 18.9. The average Bonchev–Trinajstić information content (AvgIpc) is 2.92. The summed E-state index contributed by atoms with van der Waals surface area (Å²) in [7, 11) is -3.07. The molecule has 0 saturated carbocycles. The number of hydrogen-bond donors (Lipinski definition) is 0. The van der Waals surface area contributed by atoms with Crippen molar-refractivity contribution in [2.75, 3.05) is 11.5 Å². The standard InChI is InChI=1S/C19H20BrNO3S/c1-14-5-7-16(8-6-14)19(22)21(18-9-10-25(23,24)13-18)12-15-3-2-4-17(20)11-15/h2-8,11,18H,9-10,12-13H2,1H3/t18-/m1/s1. The number of benzene rings is 2. The average molecular weight is 422 g/mol. The molecule has 2 aromatic carbocycles. The van der Waals surface area contributed by atoms with Gasteiger partial charge >= 0.3 is 0 Å². The van der Waals surface area contributed by atoms with Crippen LogP contribution in [-0.4, -0.2) is 36.8 Å². The van der Waals surface area contributed by atoms with Gasteiger partial charge in [0.05, 0.1) is 11.5 Å². The summed E-state index contributed by atoms with van der Waals surface area (Å²) in [5, 5.41) is 0. The fraction of sp³-hybridized carbons (Fsp3) is 0.316. The van der Waals surface area contributed by atoms with Crippen LogP contribution < -0.4 is 0 Å². The summed E-state index contributed by atoms with van der Waals surface area (Å²) < 4.78 is 24.8. The van der Waals surface area contributed by atoms with Crippen molar-refractivity contribution in [3.8, 4) is 0 Å². The Kier molecular flexibility index (Phi) is 5.29. The lowest BCUT2D eigenvalue weighted by Crippen LogP contribution is -2.40. The minimum absolute atomic E-state index is 0.0403. The Bertz CT molecular complexity index is 878. The number of amides is 1. The van der Waals surface area contributed by atoms with Crippen LogP contribution in [0.4, 0.5) is 0 Å². The first-order chi connectivity index (χ1) is 11.8. The van der Waals surface area contributed by atoms with Gasteiger partial charge in [0, 0.05) is 22.6 Å². The quantitative estimate of drug-likeness (QED) is 0.757. The lowest BCUT2D eigenvalue weighted by molar-refractivity contribution is 0.0681. The molecule has 4 nitrogen and oxygen atoms in total. The number of halogens is 1. The van der Waals surface area contributed by atoms with Crippen molar-refractivity contribution < 1.29 is 13.2 Å². The molecule has 1 heterocycles. The molecule has 0 spiro atoms. The predicted octanol–water partition coefficient (Wildman–Crippen LogP) is 3.59. The molecule has 0 N–H and O–H groups in total. The van der Waals surface area contributed by atoms with Gasteiger partial charge in [-0.1, -0.05) is 45.8 Å². The SMILES string of the molecule is Cc1ccc(C(=O)N(Cc2cccc(Br)c2)[C@@H]2CCS(=O)(=O)C2)cc1. The van der Waals surface area contributed by atoms with E-state index in [-0.39, 0.29) is 23.5 Å². The second-order valence-corrected chi connectivity index (χ2v) is 9.63. The maximum Gasteiger partial charge on any atom is 0.254 e. The number of rotatable bonds is 4. The minimum atomic E-state index is -3.07. The van der Waals surface area contributed by atoms with E-state index in [9.17, 15) is 13.2 Å². The Balaban J connectivity index is 1.91. The molecule has 1 saturated heterocycles. The Hall–Kier alpha value is -1.66. The molecular formula is C19H20BrNO3S. The van der Waals surface area contributed by atoms with Crippen molar-refractivity contribution >= 4 is 31.7 Å². The second kappa shape index (κ2) is 7.30. The monoisotopic (exact) mass is 421 g/mol. The second-order valence-electron chi connectivity index (χ2n) is 6.49. The molecule has 1 aliphatic heterocycles. The number of hydrogen-bond acceptors (Lipinski definition) is 3. The van der Waals surface area contributed by atoms with Crippen molar-refractivity contribution in [1.82, 2.24) is 4.90 Å². The molecule has 0 unspecified atom stereocenters. The number of sulfone groups is 1. The highest BCUT2D eigenvalue weighted by molar-refractivity contribution is 9.10. The van der Waals surface area contributed by atoms with E-state index >= 15 is 0 Å². The summed E-state index contributed by atoms with van der Waals surface area (Å²) in [5.41, 5.74) is 2.64. The lowest BCUT2D eigenvalue weighted by Gasteiger charge is -2.28. The van der Waals surface area contributed by atoms with Crippen LogP contribution in [0.1, 0.15) is 27.9 Å². The van der Waals surface area contributed by atoms with Crippen LogP contribution in [-0.2, 0) is 16.4 Å². The first-order valence-corrected chi connectivity index (χ1v) is 10.8.